The van der Waals surface area contributed by atoms with Gasteiger partial charge in [-0.3, -0.25) is 4.90 Å². The van der Waals surface area contributed by atoms with E-state index in [0.29, 0.717) is 6.54 Å². The summed E-state index contributed by atoms with van der Waals surface area (Å²) in [5.74, 6) is 0.791. The smallest absolute Gasteiger partial charge is 0.126 e. The Morgan fingerprint density at radius 3 is 2.72 bits per heavy atom. The van der Waals surface area contributed by atoms with Gasteiger partial charge < -0.3 is 4.98 Å². The number of imidazole rings is 1. The van der Waals surface area contributed by atoms with E-state index in [-0.39, 0.29) is 5.82 Å². The van der Waals surface area contributed by atoms with Crippen LogP contribution >= 0.6 is 0 Å². The van der Waals surface area contributed by atoms with Gasteiger partial charge in [-0.15, -0.1) is 0 Å². The van der Waals surface area contributed by atoms with Crippen LogP contribution < -0.4 is 0 Å². The molecule has 96 valence electrons. The molecule has 0 spiro atoms. The number of aromatic amines is 1. The predicted molar refractivity (Wildman–Crippen MR) is 69.6 cm³/mol. The van der Waals surface area contributed by atoms with Crippen molar-refractivity contribution in [1.82, 2.24) is 14.9 Å². The second-order valence-corrected chi connectivity index (χ2v) is 4.71. The SMILES string of the molecule is Cc1cnc(CN(C)Cc2cccc(F)c2C)[nH]1. The molecule has 3 nitrogen and oxygen atoms in total. The number of H-pyrrole nitrogens is 1. The summed E-state index contributed by atoms with van der Waals surface area (Å²) in [6.07, 6.45) is 1.82. The number of halogens is 1. The zero-order valence-corrected chi connectivity index (χ0v) is 11.0. The number of nitrogens with one attached hydrogen (secondary N) is 1. The van der Waals surface area contributed by atoms with Crippen molar-refractivity contribution in [3.8, 4) is 0 Å². The maximum absolute atomic E-state index is 13.4. The lowest BCUT2D eigenvalue weighted by Crippen LogP contribution is -2.18. The van der Waals surface area contributed by atoms with Crippen molar-refractivity contribution >= 4 is 0 Å². The molecule has 0 unspecified atom stereocenters. The van der Waals surface area contributed by atoms with Gasteiger partial charge in [-0.05, 0) is 38.1 Å². The molecule has 0 saturated heterocycles. The van der Waals surface area contributed by atoms with E-state index in [4.69, 9.17) is 0 Å². The van der Waals surface area contributed by atoms with Gasteiger partial charge in [-0.1, -0.05) is 12.1 Å². The van der Waals surface area contributed by atoms with Gasteiger partial charge in [0.05, 0.1) is 6.54 Å². The van der Waals surface area contributed by atoms with Gasteiger partial charge in [0, 0.05) is 18.4 Å². The van der Waals surface area contributed by atoms with E-state index in [1.54, 1.807) is 6.07 Å². The highest BCUT2D eigenvalue weighted by atomic mass is 19.1. The topological polar surface area (TPSA) is 31.9 Å². The van der Waals surface area contributed by atoms with Gasteiger partial charge in [-0.2, -0.15) is 0 Å². The van der Waals surface area contributed by atoms with E-state index in [1.807, 2.05) is 33.2 Å². The lowest BCUT2D eigenvalue weighted by Gasteiger charge is -2.17. The van der Waals surface area contributed by atoms with Crippen molar-refractivity contribution < 1.29 is 4.39 Å². The highest BCUT2D eigenvalue weighted by Crippen LogP contribution is 2.14. The van der Waals surface area contributed by atoms with E-state index < -0.39 is 0 Å². The molecule has 0 aliphatic carbocycles. The summed E-state index contributed by atoms with van der Waals surface area (Å²) < 4.78 is 13.4. The van der Waals surface area contributed by atoms with Crippen LogP contribution in [-0.4, -0.2) is 21.9 Å². The first-order valence-corrected chi connectivity index (χ1v) is 5.99. The molecule has 2 rings (SSSR count). The Hall–Kier alpha value is -1.68. The van der Waals surface area contributed by atoms with Crippen molar-refractivity contribution in [2.24, 2.45) is 0 Å². The first-order chi connectivity index (χ1) is 8.56. The van der Waals surface area contributed by atoms with Crippen LogP contribution in [0.4, 0.5) is 4.39 Å². The zero-order valence-electron chi connectivity index (χ0n) is 11.0. The summed E-state index contributed by atoms with van der Waals surface area (Å²) in [5, 5.41) is 0. The predicted octanol–water partition coefficient (Wildman–Crippen LogP) is 2.80. The molecular formula is C14H18FN3. The molecule has 2 aromatic rings. The van der Waals surface area contributed by atoms with Gasteiger partial charge in [0.15, 0.2) is 0 Å². The van der Waals surface area contributed by atoms with Gasteiger partial charge in [0.2, 0.25) is 0 Å². The summed E-state index contributed by atoms with van der Waals surface area (Å²) in [6.45, 7) is 5.23. The molecule has 0 fully saturated rings. The number of hydrogen-bond acceptors (Lipinski definition) is 2. The molecule has 4 heteroatoms. The molecule has 0 amide bonds. The zero-order chi connectivity index (χ0) is 13.1. The van der Waals surface area contributed by atoms with E-state index >= 15 is 0 Å². The van der Waals surface area contributed by atoms with Crippen molar-refractivity contribution in [3.63, 3.8) is 0 Å². The van der Waals surface area contributed by atoms with Crippen LogP contribution in [0, 0.1) is 19.7 Å². The molecule has 1 N–H and O–H groups in total. The summed E-state index contributed by atoms with van der Waals surface area (Å²) >= 11 is 0. The molecule has 0 aliphatic rings. The summed E-state index contributed by atoms with van der Waals surface area (Å²) in [5.41, 5.74) is 2.79. The van der Waals surface area contributed by atoms with Crippen LogP contribution in [0.1, 0.15) is 22.6 Å². The Kier molecular flexibility index (Phi) is 3.77. The number of aryl methyl sites for hydroxylation is 1. The maximum atomic E-state index is 13.4. The van der Waals surface area contributed by atoms with Crippen LogP contribution in [0.15, 0.2) is 24.4 Å². The minimum atomic E-state index is -0.144. The molecular weight excluding hydrogens is 229 g/mol. The van der Waals surface area contributed by atoms with Crippen LogP contribution in [0.25, 0.3) is 0 Å². The van der Waals surface area contributed by atoms with Crippen molar-refractivity contribution in [2.45, 2.75) is 26.9 Å². The van der Waals surface area contributed by atoms with Crippen LogP contribution in [0.5, 0.6) is 0 Å². The first-order valence-electron chi connectivity index (χ1n) is 5.99. The average Bonchev–Trinajstić information content (AvgIpc) is 2.70. The fourth-order valence-corrected chi connectivity index (χ4v) is 1.97. The molecule has 0 radical (unpaired) electrons. The van der Waals surface area contributed by atoms with Gasteiger partial charge >= 0.3 is 0 Å². The molecule has 0 bridgehead atoms. The Bertz CT molecular complexity index is 534. The quantitative estimate of drug-likeness (QED) is 0.901. The van der Waals surface area contributed by atoms with E-state index in [9.17, 15) is 4.39 Å². The third-order valence-electron chi connectivity index (χ3n) is 3.00. The summed E-state index contributed by atoms with van der Waals surface area (Å²) in [7, 11) is 2.00. The minimum Gasteiger partial charge on any atom is -0.345 e. The minimum absolute atomic E-state index is 0.144. The number of benzene rings is 1. The summed E-state index contributed by atoms with van der Waals surface area (Å²) in [4.78, 5) is 9.57. The molecule has 1 aromatic carbocycles. The first kappa shape index (κ1) is 12.8. The molecule has 1 aromatic heterocycles. The fourth-order valence-electron chi connectivity index (χ4n) is 1.97. The van der Waals surface area contributed by atoms with Crippen molar-refractivity contribution in [2.75, 3.05) is 7.05 Å². The lowest BCUT2D eigenvalue weighted by molar-refractivity contribution is 0.310. The Morgan fingerprint density at radius 2 is 2.06 bits per heavy atom. The largest absolute Gasteiger partial charge is 0.345 e. The Morgan fingerprint density at radius 1 is 1.28 bits per heavy atom. The Labute approximate surface area is 107 Å². The maximum Gasteiger partial charge on any atom is 0.126 e. The highest BCUT2D eigenvalue weighted by Gasteiger charge is 2.08. The van der Waals surface area contributed by atoms with Crippen LogP contribution in [0.2, 0.25) is 0 Å². The van der Waals surface area contributed by atoms with Gasteiger partial charge in [0.1, 0.15) is 11.6 Å². The monoisotopic (exact) mass is 247 g/mol. The van der Waals surface area contributed by atoms with E-state index in [0.717, 1.165) is 29.2 Å². The Balaban J connectivity index is 2.03. The summed E-state index contributed by atoms with van der Waals surface area (Å²) in [6, 6.07) is 5.21. The molecule has 0 saturated carbocycles. The van der Waals surface area contributed by atoms with Crippen molar-refractivity contribution in [3.05, 3.63) is 52.9 Å². The van der Waals surface area contributed by atoms with E-state index in [2.05, 4.69) is 14.9 Å². The number of aromatic nitrogens is 2. The van der Waals surface area contributed by atoms with Crippen LogP contribution in [0.3, 0.4) is 0 Å². The number of rotatable bonds is 4. The standard InChI is InChI=1S/C14H18FN3/c1-10-7-16-14(17-10)9-18(3)8-12-5-4-6-13(15)11(12)2/h4-7H,8-9H2,1-3H3,(H,16,17). The van der Waals surface area contributed by atoms with Crippen molar-refractivity contribution in [1.29, 1.82) is 0 Å². The molecule has 18 heavy (non-hydrogen) atoms. The third-order valence-corrected chi connectivity index (χ3v) is 3.00. The molecule has 0 atom stereocenters. The second kappa shape index (κ2) is 5.31. The highest BCUT2D eigenvalue weighted by molar-refractivity contribution is 5.27. The number of nitrogens with zero attached hydrogens (tertiary/aromatic N) is 2. The third kappa shape index (κ3) is 2.96. The van der Waals surface area contributed by atoms with Gasteiger partial charge in [-0.25, -0.2) is 9.37 Å². The fraction of sp³-hybridized carbons (Fsp3) is 0.357. The van der Waals surface area contributed by atoms with Crippen LogP contribution in [-0.2, 0) is 13.1 Å². The number of hydrogen-bond donors (Lipinski definition) is 1. The van der Waals surface area contributed by atoms with Gasteiger partial charge in [0.25, 0.3) is 0 Å². The second-order valence-electron chi connectivity index (χ2n) is 4.71. The normalized spacial score (nSPS) is 11.2. The molecule has 1 heterocycles. The average molecular weight is 247 g/mol. The van der Waals surface area contributed by atoms with E-state index in [1.165, 1.54) is 6.07 Å². The lowest BCUT2D eigenvalue weighted by atomic mass is 10.1. The molecule has 0 aliphatic heterocycles.